The number of esters is 2. The molecule has 2 aromatic rings. The van der Waals surface area contributed by atoms with Crippen LogP contribution >= 0.6 is 0 Å². The fraction of sp³-hybridized carbons (Fsp3) is 0.515. The van der Waals surface area contributed by atoms with Gasteiger partial charge in [0.1, 0.15) is 5.75 Å². The Morgan fingerprint density at radius 2 is 1.41 bits per heavy atom. The Kier molecular flexibility index (Phi) is 10.5. The molecule has 0 spiro atoms. The zero-order valence-corrected chi connectivity index (χ0v) is 23.3. The van der Waals surface area contributed by atoms with Crippen LogP contribution in [0, 0.1) is 17.8 Å². The molecule has 0 atom stereocenters. The fourth-order valence-electron chi connectivity index (χ4n) is 6.58. The summed E-state index contributed by atoms with van der Waals surface area (Å²) in [6.45, 7) is 2.47. The maximum Gasteiger partial charge on any atom is 0.336 e. The minimum absolute atomic E-state index is 0.157. The van der Waals surface area contributed by atoms with E-state index in [2.05, 4.69) is 19.1 Å². The van der Waals surface area contributed by atoms with E-state index in [0.29, 0.717) is 29.5 Å². The number of benzene rings is 2. The fourth-order valence-corrected chi connectivity index (χ4v) is 6.58. The third-order valence-electron chi connectivity index (χ3n) is 8.62. The van der Waals surface area contributed by atoms with Crippen LogP contribution in [0.5, 0.6) is 5.75 Å². The van der Waals surface area contributed by atoms with Crippen molar-refractivity contribution in [2.75, 3.05) is 18.1 Å². The maximum atomic E-state index is 12.2. The lowest BCUT2D eigenvalue weighted by atomic mass is 9.68. The molecular formula is C33H44N2O4. The van der Waals surface area contributed by atoms with Crippen molar-refractivity contribution in [3.63, 3.8) is 0 Å². The number of hydrogen-bond donors (Lipinski definition) is 2. The topological polar surface area (TPSA) is 105 Å². The molecule has 39 heavy (non-hydrogen) atoms. The van der Waals surface area contributed by atoms with Gasteiger partial charge in [0.15, 0.2) is 0 Å². The predicted octanol–water partition coefficient (Wildman–Crippen LogP) is 6.98. The van der Waals surface area contributed by atoms with E-state index in [9.17, 15) is 9.59 Å². The van der Waals surface area contributed by atoms with Crippen molar-refractivity contribution in [3.05, 3.63) is 65.7 Å². The lowest BCUT2D eigenvalue weighted by molar-refractivity contribution is -0.138. The summed E-state index contributed by atoms with van der Waals surface area (Å²) < 4.78 is 10.5. The normalized spacial score (nSPS) is 23.4. The average Bonchev–Trinajstić information content (AvgIpc) is 2.93. The summed E-state index contributed by atoms with van der Waals surface area (Å²) >= 11 is 0. The van der Waals surface area contributed by atoms with Gasteiger partial charge >= 0.3 is 11.9 Å². The summed E-state index contributed by atoms with van der Waals surface area (Å²) in [6, 6.07) is 13.1. The lowest BCUT2D eigenvalue weighted by Gasteiger charge is -2.38. The molecule has 0 heterocycles. The minimum atomic E-state index is -0.613. The summed E-state index contributed by atoms with van der Waals surface area (Å²) in [6.07, 6.45) is 16.3. The molecule has 4 rings (SSSR count). The SMILES string of the molecule is CCCC1CCC(C2CCC(c3ccc(OC(=O)C=CC(=O)OCCc4cc(N)cc(N)c4)cc3)CC2)CC1. The number of rotatable bonds is 10. The molecule has 2 aliphatic rings. The van der Waals surface area contributed by atoms with Crippen LogP contribution in [-0.4, -0.2) is 18.5 Å². The van der Waals surface area contributed by atoms with Crippen LogP contribution < -0.4 is 16.2 Å². The summed E-state index contributed by atoms with van der Waals surface area (Å²) in [7, 11) is 0. The van der Waals surface area contributed by atoms with Crippen molar-refractivity contribution < 1.29 is 19.1 Å². The average molecular weight is 533 g/mol. The molecule has 0 unspecified atom stereocenters. The molecule has 210 valence electrons. The van der Waals surface area contributed by atoms with Gasteiger partial charge in [-0.1, -0.05) is 44.7 Å². The van der Waals surface area contributed by atoms with Crippen LogP contribution in [0.3, 0.4) is 0 Å². The van der Waals surface area contributed by atoms with Crippen molar-refractivity contribution in [2.24, 2.45) is 17.8 Å². The van der Waals surface area contributed by atoms with E-state index in [1.165, 1.54) is 69.8 Å². The van der Waals surface area contributed by atoms with Crippen molar-refractivity contribution in [1.29, 1.82) is 0 Å². The van der Waals surface area contributed by atoms with E-state index < -0.39 is 11.9 Å². The highest BCUT2D eigenvalue weighted by Gasteiger charge is 2.31. The van der Waals surface area contributed by atoms with Crippen LogP contribution in [0.1, 0.15) is 88.2 Å². The van der Waals surface area contributed by atoms with Crippen LogP contribution in [0.15, 0.2) is 54.6 Å². The van der Waals surface area contributed by atoms with Crippen LogP contribution in [0.4, 0.5) is 11.4 Å². The first-order valence-corrected chi connectivity index (χ1v) is 14.7. The number of nitrogens with two attached hydrogens (primary N) is 2. The van der Waals surface area contributed by atoms with Crippen LogP contribution in [0.2, 0.25) is 0 Å². The largest absolute Gasteiger partial charge is 0.462 e. The van der Waals surface area contributed by atoms with Crippen LogP contribution in [0.25, 0.3) is 0 Å². The van der Waals surface area contributed by atoms with Gasteiger partial charge in [0.05, 0.1) is 6.61 Å². The van der Waals surface area contributed by atoms with Gasteiger partial charge in [-0.05, 0) is 104 Å². The van der Waals surface area contributed by atoms with E-state index in [-0.39, 0.29) is 6.61 Å². The second-order valence-electron chi connectivity index (χ2n) is 11.4. The number of hydrogen-bond acceptors (Lipinski definition) is 6. The quantitative estimate of drug-likeness (QED) is 0.148. The molecule has 2 saturated carbocycles. The number of ether oxygens (including phenoxy) is 2. The molecule has 2 fully saturated rings. The molecule has 2 aliphatic carbocycles. The predicted molar refractivity (Wildman–Crippen MR) is 156 cm³/mol. The van der Waals surface area contributed by atoms with Gasteiger partial charge in [0, 0.05) is 29.9 Å². The minimum Gasteiger partial charge on any atom is -0.462 e. The van der Waals surface area contributed by atoms with Gasteiger partial charge in [-0.3, -0.25) is 0 Å². The second kappa shape index (κ2) is 14.2. The number of nitrogen functional groups attached to an aromatic ring is 2. The monoisotopic (exact) mass is 532 g/mol. The summed E-state index contributed by atoms with van der Waals surface area (Å²) in [5.41, 5.74) is 14.9. The van der Waals surface area contributed by atoms with Crippen molar-refractivity contribution in [1.82, 2.24) is 0 Å². The molecule has 0 radical (unpaired) electrons. The Labute approximate surface area is 233 Å². The Hall–Kier alpha value is -3.28. The van der Waals surface area contributed by atoms with E-state index in [1.54, 1.807) is 18.2 Å². The van der Waals surface area contributed by atoms with Gasteiger partial charge in [-0.15, -0.1) is 0 Å². The first-order valence-electron chi connectivity index (χ1n) is 14.7. The van der Waals surface area contributed by atoms with Gasteiger partial charge in [-0.2, -0.15) is 0 Å². The molecule has 0 amide bonds. The maximum absolute atomic E-state index is 12.2. The third kappa shape index (κ3) is 8.87. The highest BCUT2D eigenvalue weighted by atomic mass is 16.5. The summed E-state index contributed by atoms with van der Waals surface area (Å²) in [4.78, 5) is 24.1. The van der Waals surface area contributed by atoms with E-state index >= 15 is 0 Å². The molecular weight excluding hydrogens is 488 g/mol. The first kappa shape index (κ1) is 28.7. The summed E-state index contributed by atoms with van der Waals surface area (Å²) in [5.74, 6) is 2.65. The molecule has 6 nitrogen and oxygen atoms in total. The Balaban J connectivity index is 1.15. The molecule has 2 aromatic carbocycles. The molecule has 4 N–H and O–H groups in total. The molecule has 6 heteroatoms. The van der Waals surface area contributed by atoms with Crippen LogP contribution in [-0.2, 0) is 20.7 Å². The Morgan fingerprint density at radius 1 is 0.821 bits per heavy atom. The van der Waals surface area contributed by atoms with E-state index in [0.717, 1.165) is 35.5 Å². The highest BCUT2D eigenvalue weighted by molar-refractivity contribution is 5.92. The summed E-state index contributed by atoms with van der Waals surface area (Å²) in [5, 5.41) is 0. The Morgan fingerprint density at radius 3 is 2.03 bits per heavy atom. The van der Waals surface area contributed by atoms with E-state index in [4.69, 9.17) is 20.9 Å². The number of carbonyl (C=O) groups excluding carboxylic acids is 2. The standard InChI is InChI=1S/C33H44N2O4/c1-2-3-23-4-6-25(7-5-23)26-8-10-27(11-9-26)28-12-14-31(15-13-28)39-33(37)17-16-32(36)38-19-18-24-20-29(34)22-30(35)21-24/h12-17,20-23,25-27H,2-11,18-19,34-35H2,1H3. The van der Waals surface area contributed by atoms with Crippen molar-refractivity contribution >= 4 is 23.3 Å². The first-order chi connectivity index (χ1) is 18.9. The molecule has 0 bridgehead atoms. The molecule has 0 saturated heterocycles. The van der Waals surface area contributed by atoms with Gasteiger partial charge in [-0.25, -0.2) is 9.59 Å². The van der Waals surface area contributed by atoms with Crippen molar-refractivity contribution in [3.8, 4) is 5.75 Å². The zero-order chi connectivity index (χ0) is 27.6. The number of anilines is 2. The van der Waals surface area contributed by atoms with E-state index in [1.807, 2.05) is 12.1 Å². The smallest absolute Gasteiger partial charge is 0.336 e. The lowest BCUT2D eigenvalue weighted by Crippen LogP contribution is -2.25. The highest BCUT2D eigenvalue weighted by Crippen LogP contribution is 2.44. The van der Waals surface area contributed by atoms with Gasteiger partial charge in [0.25, 0.3) is 0 Å². The van der Waals surface area contributed by atoms with Gasteiger partial charge in [0.2, 0.25) is 0 Å². The Bertz CT molecular complexity index is 1090. The molecule has 0 aliphatic heterocycles. The van der Waals surface area contributed by atoms with Gasteiger partial charge < -0.3 is 20.9 Å². The third-order valence-corrected chi connectivity index (χ3v) is 8.62. The molecule has 0 aromatic heterocycles. The number of carbonyl (C=O) groups is 2. The van der Waals surface area contributed by atoms with Crippen molar-refractivity contribution in [2.45, 2.75) is 83.5 Å². The second-order valence-corrected chi connectivity index (χ2v) is 11.4. The zero-order valence-electron chi connectivity index (χ0n) is 23.3.